The van der Waals surface area contributed by atoms with Gasteiger partial charge in [-0.25, -0.2) is 0 Å². The van der Waals surface area contributed by atoms with Crippen molar-refractivity contribution in [3.63, 3.8) is 0 Å². The van der Waals surface area contributed by atoms with Gasteiger partial charge in [-0.05, 0) is 48.9 Å². The van der Waals surface area contributed by atoms with Gasteiger partial charge in [-0.2, -0.15) is 8.42 Å². The minimum absolute atomic E-state index is 0.0469. The smallest absolute Gasteiger partial charge is 0.340 e. The van der Waals surface area contributed by atoms with Gasteiger partial charge in [-0.15, -0.1) is 0 Å². The van der Waals surface area contributed by atoms with Crippen LogP contribution in [0.1, 0.15) is 54.2 Å². The molecule has 2 heterocycles. The molecule has 1 fully saturated rings. The Morgan fingerprint density at radius 1 is 1.19 bits per heavy atom. The number of aromatic amines is 1. The number of aromatic nitrogens is 1. The maximum absolute atomic E-state index is 12.6. The van der Waals surface area contributed by atoms with Gasteiger partial charge in [0, 0.05) is 19.3 Å². The highest BCUT2D eigenvalue weighted by atomic mass is 32.2. The molecule has 1 amide bonds. The molecule has 1 aliphatic rings. The molecule has 1 aliphatic heterocycles. The number of benzene rings is 1. The summed E-state index contributed by atoms with van der Waals surface area (Å²) in [4.78, 5) is 16.8. The first-order chi connectivity index (χ1) is 12.3. The number of amides is 1. The van der Waals surface area contributed by atoms with Crippen LogP contribution >= 0.6 is 0 Å². The number of H-pyrrole nitrogens is 1. The van der Waals surface area contributed by atoms with Gasteiger partial charge >= 0.3 is 10.1 Å². The normalized spacial score (nSPS) is 14.8. The van der Waals surface area contributed by atoms with Crippen molar-refractivity contribution in [1.29, 1.82) is 0 Å². The Bertz CT molecular complexity index is 909. The minimum Gasteiger partial charge on any atom is -0.379 e. The van der Waals surface area contributed by atoms with Crippen LogP contribution in [0.4, 0.5) is 0 Å². The van der Waals surface area contributed by atoms with Gasteiger partial charge in [0.2, 0.25) is 0 Å². The molecule has 2 aromatic rings. The number of carbonyl (C=O) groups is 1. The molecule has 1 saturated heterocycles. The number of carbonyl (C=O) groups excluding carboxylic acids is 1. The third-order valence-electron chi connectivity index (χ3n) is 4.65. The molecule has 0 aliphatic carbocycles. The maximum Gasteiger partial charge on any atom is 0.340 e. The SMILES string of the molecule is Cc1ccc(C(C)C)cc1OS(=O)(=O)c1c[nH]c(C(=O)N2CCCC2)c1. The molecular weight excluding hydrogens is 352 g/mol. The van der Waals surface area contributed by atoms with Crippen LogP contribution < -0.4 is 4.18 Å². The highest BCUT2D eigenvalue weighted by Crippen LogP contribution is 2.27. The lowest BCUT2D eigenvalue weighted by molar-refractivity contribution is 0.0787. The summed E-state index contributed by atoms with van der Waals surface area (Å²) in [7, 11) is -4.02. The summed E-state index contributed by atoms with van der Waals surface area (Å²) in [6.07, 6.45) is 3.26. The summed E-state index contributed by atoms with van der Waals surface area (Å²) in [5.41, 5.74) is 2.00. The summed E-state index contributed by atoms with van der Waals surface area (Å²) in [5.74, 6) is 0.393. The fourth-order valence-corrected chi connectivity index (χ4v) is 3.94. The standard InChI is InChI=1S/C19H24N2O4S/c1-13(2)15-7-6-14(3)18(10-15)25-26(23,24)16-11-17(20-12-16)19(22)21-8-4-5-9-21/h6-7,10-13,20H,4-5,8-9H2,1-3H3. The zero-order valence-electron chi connectivity index (χ0n) is 15.3. The van der Waals surface area contributed by atoms with Crippen molar-refractivity contribution in [2.24, 2.45) is 0 Å². The van der Waals surface area contributed by atoms with E-state index < -0.39 is 10.1 Å². The molecule has 0 saturated carbocycles. The maximum atomic E-state index is 12.6. The van der Waals surface area contributed by atoms with E-state index in [9.17, 15) is 13.2 Å². The van der Waals surface area contributed by atoms with Crippen molar-refractivity contribution in [1.82, 2.24) is 9.88 Å². The fourth-order valence-electron chi connectivity index (χ4n) is 2.96. The van der Waals surface area contributed by atoms with Gasteiger partial charge in [-0.1, -0.05) is 26.0 Å². The number of likely N-dealkylation sites (tertiary alicyclic amines) is 1. The quantitative estimate of drug-likeness (QED) is 0.811. The average molecular weight is 376 g/mol. The second-order valence-electron chi connectivity index (χ2n) is 6.97. The van der Waals surface area contributed by atoms with E-state index in [2.05, 4.69) is 4.98 Å². The predicted octanol–water partition coefficient (Wildman–Crippen LogP) is 3.45. The lowest BCUT2D eigenvalue weighted by Crippen LogP contribution is -2.27. The average Bonchev–Trinajstić information content (AvgIpc) is 3.28. The fraction of sp³-hybridized carbons (Fsp3) is 0.421. The molecule has 1 N–H and O–H groups in total. The van der Waals surface area contributed by atoms with Crippen molar-refractivity contribution in [2.75, 3.05) is 13.1 Å². The Morgan fingerprint density at radius 2 is 1.88 bits per heavy atom. The van der Waals surface area contributed by atoms with E-state index in [1.165, 1.54) is 12.3 Å². The molecule has 0 spiro atoms. The van der Waals surface area contributed by atoms with Gasteiger partial charge in [-0.3, -0.25) is 4.79 Å². The molecule has 1 aromatic carbocycles. The summed E-state index contributed by atoms with van der Waals surface area (Å²) in [6, 6.07) is 6.90. The second-order valence-corrected chi connectivity index (χ2v) is 8.51. The predicted molar refractivity (Wildman–Crippen MR) is 99.0 cm³/mol. The molecule has 140 valence electrons. The zero-order chi connectivity index (χ0) is 18.9. The van der Waals surface area contributed by atoms with Crippen LogP contribution in [-0.2, 0) is 10.1 Å². The van der Waals surface area contributed by atoms with E-state index in [0.29, 0.717) is 18.8 Å². The number of aryl methyl sites for hydroxylation is 1. The molecule has 0 radical (unpaired) electrons. The zero-order valence-corrected chi connectivity index (χ0v) is 16.1. The number of nitrogens with zero attached hydrogens (tertiary/aromatic N) is 1. The summed E-state index contributed by atoms with van der Waals surface area (Å²) in [5, 5.41) is 0. The molecular formula is C19H24N2O4S. The lowest BCUT2D eigenvalue weighted by atomic mass is 10.0. The first-order valence-corrected chi connectivity index (χ1v) is 10.2. The first kappa shape index (κ1) is 18.5. The minimum atomic E-state index is -4.02. The van der Waals surface area contributed by atoms with Gasteiger partial charge in [0.25, 0.3) is 5.91 Å². The summed E-state index contributed by atoms with van der Waals surface area (Å²) in [6.45, 7) is 7.28. The van der Waals surface area contributed by atoms with Crippen LogP contribution in [0.25, 0.3) is 0 Å². The summed E-state index contributed by atoms with van der Waals surface area (Å²) >= 11 is 0. The van der Waals surface area contributed by atoms with E-state index in [1.807, 2.05) is 26.0 Å². The monoisotopic (exact) mass is 376 g/mol. The van der Waals surface area contributed by atoms with Gasteiger partial charge in [0.05, 0.1) is 0 Å². The van der Waals surface area contributed by atoms with E-state index in [1.54, 1.807) is 17.9 Å². The number of nitrogens with one attached hydrogen (secondary N) is 1. The Hall–Kier alpha value is -2.28. The van der Waals surface area contributed by atoms with Crippen molar-refractivity contribution < 1.29 is 17.4 Å². The number of hydrogen-bond donors (Lipinski definition) is 1. The van der Waals surface area contributed by atoms with Gasteiger partial charge < -0.3 is 14.1 Å². The van der Waals surface area contributed by atoms with Crippen LogP contribution in [0.2, 0.25) is 0 Å². The van der Waals surface area contributed by atoms with Crippen molar-refractivity contribution in [2.45, 2.75) is 44.4 Å². The van der Waals surface area contributed by atoms with Crippen LogP contribution in [0, 0.1) is 6.92 Å². The van der Waals surface area contributed by atoms with Crippen LogP contribution in [0.5, 0.6) is 5.75 Å². The van der Waals surface area contributed by atoms with Gasteiger partial charge in [0.15, 0.2) is 0 Å². The van der Waals surface area contributed by atoms with Crippen molar-refractivity contribution in [3.8, 4) is 5.75 Å². The number of rotatable bonds is 5. The van der Waals surface area contributed by atoms with Crippen LogP contribution in [-0.4, -0.2) is 37.3 Å². The molecule has 6 nitrogen and oxygen atoms in total. The van der Waals surface area contributed by atoms with E-state index in [0.717, 1.165) is 24.0 Å². The van der Waals surface area contributed by atoms with E-state index in [-0.39, 0.29) is 22.4 Å². The topological polar surface area (TPSA) is 79.5 Å². The molecule has 26 heavy (non-hydrogen) atoms. The van der Waals surface area contributed by atoms with Crippen molar-refractivity contribution in [3.05, 3.63) is 47.3 Å². The van der Waals surface area contributed by atoms with Crippen LogP contribution in [0.15, 0.2) is 35.4 Å². The highest BCUT2D eigenvalue weighted by Gasteiger charge is 2.25. The third kappa shape index (κ3) is 3.77. The molecule has 0 bridgehead atoms. The molecule has 1 aromatic heterocycles. The van der Waals surface area contributed by atoms with E-state index >= 15 is 0 Å². The Kier molecular flexibility index (Phi) is 5.09. The largest absolute Gasteiger partial charge is 0.379 e. The lowest BCUT2D eigenvalue weighted by Gasteiger charge is -2.13. The highest BCUT2D eigenvalue weighted by molar-refractivity contribution is 7.87. The molecule has 0 unspecified atom stereocenters. The third-order valence-corrected chi connectivity index (χ3v) is 5.86. The molecule has 3 rings (SSSR count). The van der Waals surface area contributed by atoms with Crippen LogP contribution in [0.3, 0.4) is 0 Å². The van der Waals surface area contributed by atoms with E-state index in [4.69, 9.17) is 4.18 Å². The Labute approximate surface area is 154 Å². The Balaban J connectivity index is 1.83. The first-order valence-electron chi connectivity index (χ1n) is 8.80. The summed E-state index contributed by atoms with van der Waals surface area (Å²) < 4.78 is 30.6. The van der Waals surface area contributed by atoms with Gasteiger partial charge in [0.1, 0.15) is 16.3 Å². The molecule has 7 heteroatoms. The Morgan fingerprint density at radius 3 is 2.54 bits per heavy atom. The number of hydrogen-bond acceptors (Lipinski definition) is 4. The second kappa shape index (κ2) is 7.15. The van der Waals surface area contributed by atoms with Crippen molar-refractivity contribution >= 4 is 16.0 Å². The molecule has 0 atom stereocenters.